The molecular weight excluding hydrogens is 206 g/mol. The van der Waals surface area contributed by atoms with Crippen LogP contribution in [0.25, 0.3) is 0 Å². The Labute approximate surface area is 95.7 Å². The summed E-state index contributed by atoms with van der Waals surface area (Å²) in [4.78, 5) is 22.6. The van der Waals surface area contributed by atoms with E-state index in [-0.39, 0.29) is 18.2 Å². The number of rotatable bonds is 2. The standard InChI is InChI=1S/C12H19NO3/c1-7(2)13-12(15)16-11-5-8-3-10(14)4-9(8)6-11/h7-9,11H,3-6H2,1-2H3,(H,13,15)/t8-,9+,11?. The van der Waals surface area contributed by atoms with Crippen molar-refractivity contribution in [1.82, 2.24) is 5.32 Å². The average molecular weight is 225 g/mol. The Hall–Kier alpha value is -1.06. The number of hydrogen-bond acceptors (Lipinski definition) is 3. The van der Waals surface area contributed by atoms with E-state index in [0.717, 1.165) is 12.8 Å². The number of amides is 1. The molecule has 0 saturated heterocycles. The first-order valence-electron chi connectivity index (χ1n) is 6.03. The number of ether oxygens (including phenoxy) is 1. The summed E-state index contributed by atoms with van der Waals surface area (Å²) < 4.78 is 5.33. The highest BCUT2D eigenvalue weighted by molar-refractivity contribution is 5.81. The molecule has 0 aromatic heterocycles. The van der Waals surface area contributed by atoms with E-state index < -0.39 is 0 Å². The topological polar surface area (TPSA) is 55.4 Å². The quantitative estimate of drug-likeness (QED) is 0.780. The van der Waals surface area contributed by atoms with Crippen molar-refractivity contribution in [3.8, 4) is 0 Å². The molecule has 2 fully saturated rings. The molecule has 4 heteroatoms. The summed E-state index contributed by atoms with van der Waals surface area (Å²) in [6.07, 6.45) is 2.80. The summed E-state index contributed by atoms with van der Waals surface area (Å²) in [5.74, 6) is 1.30. The molecule has 2 saturated carbocycles. The lowest BCUT2D eigenvalue weighted by molar-refractivity contribution is -0.118. The maximum atomic E-state index is 11.4. The van der Waals surface area contributed by atoms with Crippen LogP contribution in [0.5, 0.6) is 0 Å². The van der Waals surface area contributed by atoms with Crippen molar-refractivity contribution in [3.05, 3.63) is 0 Å². The number of Topliss-reactive ketones (excluding diaryl/α,β-unsaturated/α-hetero) is 1. The third kappa shape index (κ3) is 2.54. The molecule has 0 aliphatic heterocycles. The number of fused-ring (bicyclic) bond motifs is 1. The van der Waals surface area contributed by atoms with Crippen molar-refractivity contribution in [3.63, 3.8) is 0 Å². The van der Waals surface area contributed by atoms with Gasteiger partial charge in [0.1, 0.15) is 11.9 Å². The Morgan fingerprint density at radius 2 is 1.88 bits per heavy atom. The van der Waals surface area contributed by atoms with Gasteiger partial charge in [-0.1, -0.05) is 0 Å². The molecule has 16 heavy (non-hydrogen) atoms. The first-order valence-corrected chi connectivity index (χ1v) is 6.03. The van der Waals surface area contributed by atoms with E-state index in [0.29, 0.717) is 30.5 Å². The molecule has 1 N–H and O–H groups in total. The van der Waals surface area contributed by atoms with Crippen molar-refractivity contribution in [2.75, 3.05) is 0 Å². The van der Waals surface area contributed by atoms with Gasteiger partial charge in [-0.3, -0.25) is 4.79 Å². The molecule has 2 rings (SSSR count). The van der Waals surface area contributed by atoms with Crippen LogP contribution in [0.2, 0.25) is 0 Å². The van der Waals surface area contributed by atoms with Gasteiger partial charge >= 0.3 is 6.09 Å². The molecule has 0 bridgehead atoms. The zero-order chi connectivity index (χ0) is 11.7. The fourth-order valence-electron chi connectivity index (χ4n) is 2.84. The molecule has 1 amide bonds. The first-order chi connectivity index (χ1) is 7.54. The Kier molecular flexibility index (Phi) is 3.17. The van der Waals surface area contributed by atoms with E-state index in [1.807, 2.05) is 13.8 Å². The third-order valence-corrected chi connectivity index (χ3v) is 3.46. The molecule has 0 aromatic rings. The van der Waals surface area contributed by atoms with Gasteiger partial charge in [0.2, 0.25) is 0 Å². The predicted octanol–water partition coefficient (Wildman–Crippen LogP) is 1.88. The summed E-state index contributed by atoms with van der Waals surface area (Å²) in [5.41, 5.74) is 0. The summed E-state index contributed by atoms with van der Waals surface area (Å²) >= 11 is 0. The van der Waals surface area contributed by atoms with Crippen LogP contribution in [-0.4, -0.2) is 24.0 Å². The first kappa shape index (κ1) is 11.4. The highest BCUT2D eigenvalue weighted by Gasteiger charge is 2.42. The molecule has 3 atom stereocenters. The predicted molar refractivity (Wildman–Crippen MR) is 59.0 cm³/mol. The summed E-state index contributed by atoms with van der Waals surface area (Å²) in [7, 11) is 0. The number of carbonyl (C=O) groups is 2. The SMILES string of the molecule is CC(C)NC(=O)OC1C[C@H]2CC(=O)C[C@H]2C1. The van der Waals surface area contributed by atoms with Crippen molar-refractivity contribution < 1.29 is 14.3 Å². The van der Waals surface area contributed by atoms with Crippen LogP contribution in [0.1, 0.15) is 39.5 Å². The van der Waals surface area contributed by atoms with Crippen LogP contribution in [0.15, 0.2) is 0 Å². The lowest BCUT2D eigenvalue weighted by atomic mass is 10.0. The zero-order valence-corrected chi connectivity index (χ0v) is 9.86. The zero-order valence-electron chi connectivity index (χ0n) is 9.86. The Bertz CT molecular complexity index is 285. The monoisotopic (exact) mass is 225 g/mol. The van der Waals surface area contributed by atoms with Gasteiger partial charge in [-0.2, -0.15) is 0 Å². The molecule has 0 heterocycles. The largest absolute Gasteiger partial charge is 0.446 e. The number of nitrogens with one attached hydrogen (secondary N) is 1. The second-order valence-corrected chi connectivity index (χ2v) is 5.26. The number of alkyl carbamates (subject to hydrolysis) is 1. The number of ketones is 1. The van der Waals surface area contributed by atoms with E-state index in [1.165, 1.54) is 0 Å². The Morgan fingerprint density at radius 3 is 2.38 bits per heavy atom. The molecule has 2 aliphatic carbocycles. The average Bonchev–Trinajstić information content (AvgIpc) is 2.58. The summed E-state index contributed by atoms with van der Waals surface area (Å²) in [6, 6.07) is 0.106. The van der Waals surface area contributed by atoms with Crippen molar-refractivity contribution >= 4 is 11.9 Å². The van der Waals surface area contributed by atoms with Gasteiger partial charge in [-0.25, -0.2) is 4.79 Å². The van der Waals surface area contributed by atoms with Gasteiger partial charge in [0.05, 0.1) is 0 Å². The maximum absolute atomic E-state index is 11.4. The van der Waals surface area contributed by atoms with Gasteiger partial charge in [-0.15, -0.1) is 0 Å². The number of hydrogen-bond donors (Lipinski definition) is 1. The van der Waals surface area contributed by atoms with Crippen LogP contribution in [0, 0.1) is 11.8 Å². The molecule has 4 nitrogen and oxygen atoms in total. The van der Waals surface area contributed by atoms with Crippen LogP contribution in [0.3, 0.4) is 0 Å². The lowest BCUT2D eigenvalue weighted by Crippen LogP contribution is -2.33. The second kappa shape index (κ2) is 4.44. The van der Waals surface area contributed by atoms with E-state index in [2.05, 4.69) is 5.32 Å². The van der Waals surface area contributed by atoms with Crippen LogP contribution in [0.4, 0.5) is 4.79 Å². The van der Waals surface area contributed by atoms with Crippen molar-refractivity contribution in [1.29, 1.82) is 0 Å². The van der Waals surface area contributed by atoms with E-state index in [9.17, 15) is 9.59 Å². The molecular formula is C12H19NO3. The highest BCUT2D eigenvalue weighted by atomic mass is 16.6. The van der Waals surface area contributed by atoms with Crippen molar-refractivity contribution in [2.45, 2.75) is 51.7 Å². The molecule has 1 unspecified atom stereocenters. The molecule has 2 aliphatic rings. The Balaban J connectivity index is 1.78. The minimum Gasteiger partial charge on any atom is -0.446 e. The third-order valence-electron chi connectivity index (χ3n) is 3.46. The van der Waals surface area contributed by atoms with E-state index in [4.69, 9.17) is 4.74 Å². The maximum Gasteiger partial charge on any atom is 0.407 e. The van der Waals surface area contributed by atoms with Gasteiger partial charge in [0, 0.05) is 18.9 Å². The normalized spacial score (nSPS) is 32.9. The van der Waals surface area contributed by atoms with Crippen LogP contribution < -0.4 is 5.32 Å². The lowest BCUT2D eigenvalue weighted by Gasteiger charge is -2.15. The Morgan fingerprint density at radius 1 is 1.31 bits per heavy atom. The fraction of sp³-hybridized carbons (Fsp3) is 0.833. The van der Waals surface area contributed by atoms with Gasteiger partial charge < -0.3 is 10.1 Å². The fourth-order valence-corrected chi connectivity index (χ4v) is 2.84. The second-order valence-electron chi connectivity index (χ2n) is 5.26. The van der Waals surface area contributed by atoms with Gasteiger partial charge in [-0.05, 0) is 38.5 Å². The molecule has 0 radical (unpaired) electrons. The van der Waals surface area contributed by atoms with E-state index >= 15 is 0 Å². The van der Waals surface area contributed by atoms with Crippen LogP contribution in [-0.2, 0) is 9.53 Å². The van der Waals surface area contributed by atoms with Crippen LogP contribution >= 0.6 is 0 Å². The smallest absolute Gasteiger partial charge is 0.407 e. The van der Waals surface area contributed by atoms with Gasteiger partial charge in [0.15, 0.2) is 0 Å². The summed E-state index contributed by atoms with van der Waals surface area (Å²) in [6.45, 7) is 3.81. The van der Waals surface area contributed by atoms with E-state index in [1.54, 1.807) is 0 Å². The highest BCUT2D eigenvalue weighted by Crippen LogP contribution is 2.43. The molecule has 90 valence electrons. The minimum absolute atomic E-state index is 0.0156. The minimum atomic E-state index is -0.328. The van der Waals surface area contributed by atoms with Gasteiger partial charge in [0.25, 0.3) is 0 Å². The molecule has 0 spiro atoms. The summed E-state index contributed by atoms with van der Waals surface area (Å²) in [5, 5.41) is 2.72. The number of carbonyl (C=O) groups excluding carboxylic acids is 2. The van der Waals surface area contributed by atoms with Crippen molar-refractivity contribution in [2.24, 2.45) is 11.8 Å². The molecule has 0 aromatic carbocycles.